The second-order valence-electron chi connectivity index (χ2n) is 12.9. The molecule has 1 aromatic carbocycles. The van der Waals surface area contributed by atoms with Crippen molar-refractivity contribution in [2.24, 2.45) is 17.8 Å². The van der Waals surface area contributed by atoms with Gasteiger partial charge in [0.25, 0.3) is 0 Å². The molecule has 1 aromatic rings. The minimum absolute atomic E-state index is 0.167. The number of carbonyl (C=O) groups is 2. The molecule has 220 valence electrons. The number of amides is 1. The molecule has 39 heavy (non-hydrogen) atoms. The molecule has 0 aromatic heterocycles. The summed E-state index contributed by atoms with van der Waals surface area (Å²) in [4.78, 5) is 23.7. The fourth-order valence-corrected chi connectivity index (χ4v) is 5.86. The highest BCUT2D eigenvalue weighted by molar-refractivity contribution is 6.05. The van der Waals surface area contributed by atoms with Gasteiger partial charge in [-0.05, 0) is 99.5 Å². The van der Waals surface area contributed by atoms with E-state index < -0.39 is 12.4 Å². The number of ketones is 1. The number of benzene rings is 1. The van der Waals surface area contributed by atoms with Gasteiger partial charge in [-0.2, -0.15) is 0 Å². The molecule has 3 atom stereocenters. The Balaban J connectivity index is 1.89. The number of aliphatic hydroxyl groups is 1. The summed E-state index contributed by atoms with van der Waals surface area (Å²) >= 11 is 0. The van der Waals surface area contributed by atoms with Crippen LogP contribution in [0, 0.1) is 38.5 Å². The number of nitrogens with one attached hydrogen (secondary N) is 1. The predicted molar refractivity (Wildman–Crippen MR) is 163 cm³/mol. The lowest BCUT2D eigenvalue weighted by Crippen LogP contribution is -2.37. The van der Waals surface area contributed by atoms with Crippen LogP contribution in [-0.2, 0) is 16.0 Å². The van der Waals surface area contributed by atoms with Crippen LogP contribution < -0.4 is 10.1 Å². The van der Waals surface area contributed by atoms with Crippen LogP contribution in [0.3, 0.4) is 0 Å². The van der Waals surface area contributed by atoms with Crippen molar-refractivity contribution in [2.75, 3.05) is 11.9 Å². The first-order chi connectivity index (χ1) is 18.4. The molecule has 1 aliphatic rings. The second-order valence-corrected chi connectivity index (χ2v) is 12.9. The molecule has 0 aliphatic carbocycles. The Labute approximate surface area is 238 Å². The molecular formula is C34H55NO4. The van der Waals surface area contributed by atoms with Crippen molar-refractivity contribution in [1.82, 2.24) is 0 Å². The zero-order chi connectivity index (χ0) is 29.2. The quantitative estimate of drug-likeness (QED) is 0.207. The van der Waals surface area contributed by atoms with E-state index in [1.54, 1.807) is 0 Å². The van der Waals surface area contributed by atoms with Crippen molar-refractivity contribution in [1.29, 1.82) is 0 Å². The van der Waals surface area contributed by atoms with Gasteiger partial charge in [0, 0.05) is 11.8 Å². The molecule has 0 fully saturated rings. The van der Waals surface area contributed by atoms with Gasteiger partial charge in [-0.1, -0.05) is 72.6 Å². The first-order valence-corrected chi connectivity index (χ1v) is 15.3. The molecule has 0 saturated heterocycles. The number of hydrogen-bond donors (Lipinski definition) is 2. The molecule has 5 heteroatoms. The van der Waals surface area contributed by atoms with E-state index in [1.165, 1.54) is 57.4 Å². The Kier molecular flexibility index (Phi) is 13.2. The zero-order valence-electron chi connectivity index (χ0n) is 26.0. The molecule has 0 unspecified atom stereocenters. The van der Waals surface area contributed by atoms with E-state index in [0.717, 1.165) is 76.8 Å². The molecule has 5 nitrogen and oxygen atoms in total. The van der Waals surface area contributed by atoms with Crippen molar-refractivity contribution in [3.8, 4) is 5.75 Å². The highest BCUT2D eigenvalue weighted by Gasteiger charge is 2.34. The minimum Gasteiger partial charge on any atom is -0.487 e. The fourth-order valence-electron chi connectivity index (χ4n) is 5.86. The van der Waals surface area contributed by atoms with Crippen LogP contribution >= 0.6 is 0 Å². The van der Waals surface area contributed by atoms with Crippen LogP contribution in [0.4, 0.5) is 5.69 Å². The molecule has 2 N–H and O–H groups in total. The highest BCUT2D eigenvalue weighted by atomic mass is 16.5. The third-order valence-corrected chi connectivity index (χ3v) is 8.73. The summed E-state index contributed by atoms with van der Waals surface area (Å²) in [6, 6.07) is 0. The van der Waals surface area contributed by atoms with E-state index in [1.807, 2.05) is 13.8 Å². The van der Waals surface area contributed by atoms with Gasteiger partial charge in [0.1, 0.15) is 18.0 Å². The molecular weight excluding hydrogens is 486 g/mol. The summed E-state index contributed by atoms with van der Waals surface area (Å²) in [6.07, 6.45) is 15.8. The van der Waals surface area contributed by atoms with Gasteiger partial charge in [0.15, 0.2) is 5.78 Å². The van der Waals surface area contributed by atoms with Gasteiger partial charge in [0.2, 0.25) is 5.91 Å². The molecule has 2 rings (SSSR count). The van der Waals surface area contributed by atoms with Crippen molar-refractivity contribution < 1.29 is 19.4 Å². The van der Waals surface area contributed by atoms with Gasteiger partial charge in [0.05, 0.1) is 0 Å². The molecule has 1 heterocycles. The molecule has 1 aliphatic heterocycles. The summed E-state index contributed by atoms with van der Waals surface area (Å²) in [7, 11) is 0. The van der Waals surface area contributed by atoms with Crippen LogP contribution in [-0.4, -0.2) is 29.0 Å². The van der Waals surface area contributed by atoms with Gasteiger partial charge >= 0.3 is 0 Å². The normalized spacial score (nSPS) is 18.6. The van der Waals surface area contributed by atoms with E-state index in [4.69, 9.17) is 9.84 Å². The number of rotatable bonds is 16. The average Bonchev–Trinajstić information content (AvgIpc) is 2.88. The Hall–Kier alpha value is -2.14. The monoisotopic (exact) mass is 541 g/mol. The maximum absolute atomic E-state index is 12.4. The SMILES string of the molecule is Cc1c(C)c2c(c(C)c1NC(=O)/C=C/C(=O)CO)CC[C@@](C)(CCC[C@H](C)CCC[C@H](C)CCCC(C)C)O2. The van der Waals surface area contributed by atoms with Crippen LogP contribution in [0.25, 0.3) is 0 Å². The van der Waals surface area contributed by atoms with E-state index >= 15 is 0 Å². The third kappa shape index (κ3) is 10.4. The summed E-state index contributed by atoms with van der Waals surface area (Å²) in [5.41, 5.74) is 4.85. The Morgan fingerprint density at radius 1 is 0.897 bits per heavy atom. The van der Waals surface area contributed by atoms with E-state index in [0.29, 0.717) is 0 Å². The molecule has 1 amide bonds. The van der Waals surface area contributed by atoms with Crippen LogP contribution in [0.1, 0.15) is 121 Å². The van der Waals surface area contributed by atoms with Crippen molar-refractivity contribution in [3.05, 3.63) is 34.4 Å². The Bertz CT molecular complexity index is 996. The van der Waals surface area contributed by atoms with Gasteiger partial charge < -0.3 is 15.2 Å². The fraction of sp³-hybridized carbons (Fsp3) is 0.706. The maximum atomic E-state index is 12.4. The summed E-state index contributed by atoms with van der Waals surface area (Å²) < 4.78 is 6.71. The van der Waals surface area contributed by atoms with Gasteiger partial charge in [-0.25, -0.2) is 0 Å². The van der Waals surface area contributed by atoms with Crippen molar-refractivity contribution >= 4 is 17.4 Å². The zero-order valence-corrected chi connectivity index (χ0v) is 26.0. The topological polar surface area (TPSA) is 75.6 Å². The van der Waals surface area contributed by atoms with Gasteiger partial charge in [-0.15, -0.1) is 0 Å². The van der Waals surface area contributed by atoms with Crippen molar-refractivity contribution in [2.45, 2.75) is 132 Å². The lowest BCUT2D eigenvalue weighted by molar-refractivity contribution is -0.117. The minimum atomic E-state index is -0.604. The first-order valence-electron chi connectivity index (χ1n) is 15.3. The highest BCUT2D eigenvalue weighted by Crippen LogP contribution is 2.44. The van der Waals surface area contributed by atoms with E-state index in [-0.39, 0.29) is 11.5 Å². The van der Waals surface area contributed by atoms with Crippen LogP contribution in [0.2, 0.25) is 0 Å². The number of aliphatic hydroxyl groups excluding tert-OH is 1. The molecule has 0 bridgehead atoms. The predicted octanol–water partition coefficient (Wildman–Crippen LogP) is 8.19. The first kappa shape index (κ1) is 33.1. The number of fused-ring (bicyclic) bond motifs is 1. The smallest absolute Gasteiger partial charge is 0.248 e. The van der Waals surface area contributed by atoms with Crippen LogP contribution in [0.15, 0.2) is 12.2 Å². The molecule has 0 radical (unpaired) electrons. The maximum Gasteiger partial charge on any atom is 0.248 e. The average molecular weight is 542 g/mol. The number of ether oxygens (including phenoxy) is 1. The summed E-state index contributed by atoms with van der Waals surface area (Å²) in [5.74, 6) is 2.53. The Morgan fingerprint density at radius 3 is 2.08 bits per heavy atom. The third-order valence-electron chi connectivity index (χ3n) is 8.73. The number of hydrogen-bond acceptors (Lipinski definition) is 4. The molecule has 0 saturated carbocycles. The standard InChI is InChI=1S/C34H55NO4/c1-23(2)12-9-13-24(3)14-10-15-25(4)16-11-20-34(8)21-19-30-28(7)32(26(5)27(6)33(30)39-34)35-31(38)18-17-29(37)22-36/h17-18,23-25,36H,9-16,19-22H2,1-8H3,(H,35,38)/b18-17+/t24-,25-,34-/m1/s1. The number of anilines is 1. The Morgan fingerprint density at radius 2 is 1.49 bits per heavy atom. The summed E-state index contributed by atoms with van der Waals surface area (Å²) in [6.45, 7) is 17.2. The van der Waals surface area contributed by atoms with Crippen molar-refractivity contribution in [3.63, 3.8) is 0 Å². The van der Waals surface area contributed by atoms with Gasteiger partial charge in [-0.3, -0.25) is 9.59 Å². The lowest BCUT2D eigenvalue weighted by atomic mass is 9.83. The summed E-state index contributed by atoms with van der Waals surface area (Å²) in [5, 5.41) is 11.8. The second kappa shape index (κ2) is 15.6. The van der Waals surface area contributed by atoms with E-state index in [2.05, 4.69) is 46.9 Å². The number of carbonyl (C=O) groups excluding carboxylic acids is 2. The molecule has 0 spiro atoms. The van der Waals surface area contributed by atoms with Crippen LogP contribution in [0.5, 0.6) is 5.75 Å². The largest absolute Gasteiger partial charge is 0.487 e. The lowest BCUT2D eigenvalue weighted by Gasteiger charge is -2.38. The van der Waals surface area contributed by atoms with E-state index in [9.17, 15) is 9.59 Å².